The van der Waals surface area contributed by atoms with Crippen LogP contribution >= 0.6 is 0 Å². The van der Waals surface area contributed by atoms with E-state index in [1.807, 2.05) is 6.07 Å². The molecule has 0 atom stereocenters. The molecule has 0 aromatic carbocycles. The first kappa shape index (κ1) is 18.4. The van der Waals surface area contributed by atoms with Gasteiger partial charge in [0.15, 0.2) is 5.82 Å². The number of aromatic nitrogens is 2. The molecule has 2 heterocycles. The summed E-state index contributed by atoms with van der Waals surface area (Å²) >= 11 is 0. The number of anilines is 1. The number of rotatable bonds is 4. The van der Waals surface area contributed by atoms with E-state index in [2.05, 4.69) is 15.5 Å². The van der Waals surface area contributed by atoms with E-state index in [4.69, 9.17) is 0 Å². The Labute approximate surface area is 149 Å². The molecular weight excluding hydrogens is 340 g/mol. The highest BCUT2D eigenvalue weighted by Crippen LogP contribution is 2.31. The Morgan fingerprint density at radius 1 is 1.16 bits per heavy atom. The lowest BCUT2D eigenvalue weighted by Gasteiger charge is -2.29. The standard InChI is InChI=1S/C17H28N4O3S/c1-25(23,24)21-10-8-14(9-11-21)17(22)18-16-12-15(19-20-16)13-6-4-2-3-5-7-13/h12-14H,2-11H2,1H3,(H2,18,19,20,22). The quantitative estimate of drug-likeness (QED) is 0.798. The van der Waals surface area contributed by atoms with Crippen molar-refractivity contribution in [3.63, 3.8) is 0 Å². The van der Waals surface area contributed by atoms with Crippen LogP contribution in [0.25, 0.3) is 0 Å². The van der Waals surface area contributed by atoms with Crippen molar-refractivity contribution in [1.29, 1.82) is 0 Å². The van der Waals surface area contributed by atoms with Crippen LogP contribution in [-0.2, 0) is 14.8 Å². The van der Waals surface area contributed by atoms with Gasteiger partial charge in [-0.15, -0.1) is 0 Å². The fourth-order valence-corrected chi connectivity index (χ4v) is 4.75. The van der Waals surface area contributed by atoms with E-state index < -0.39 is 10.0 Å². The average molecular weight is 369 g/mol. The summed E-state index contributed by atoms with van der Waals surface area (Å²) in [6.07, 6.45) is 9.80. The normalized spacial score (nSPS) is 21.8. The second-order valence-electron chi connectivity index (χ2n) is 7.32. The largest absolute Gasteiger partial charge is 0.309 e. The fraction of sp³-hybridized carbons (Fsp3) is 0.765. The molecule has 0 radical (unpaired) electrons. The van der Waals surface area contributed by atoms with Gasteiger partial charge in [-0.2, -0.15) is 5.10 Å². The van der Waals surface area contributed by atoms with E-state index in [0.717, 1.165) is 5.69 Å². The first-order valence-electron chi connectivity index (χ1n) is 9.25. The molecule has 1 aromatic rings. The SMILES string of the molecule is CS(=O)(=O)N1CCC(C(=O)Nc2cc(C3CCCCCC3)[nH]n2)CC1. The predicted molar refractivity (Wildman–Crippen MR) is 96.8 cm³/mol. The molecule has 1 aliphatic heterocycles. The number of carbonyl (C=O) groups excluding carboxylic acids is 1. The van der Waals surface area contributed by atoms with Crippen molar-refractivity contribution in [1.82, 2.24) is 14.5 Å². The lowest BCUT2D eigenvalue weighted by molar-refractivity contribution is -0.120. The van der Waals surface area contributed by atoms with Gasteiger partial charge in [0.1, 0.15) is 0 Å². The van der Waals surface area contributed by atoms with Crippen LogP contribution in [0.2, 0.25) is 0 Å². The van der Waals surface area contributed by atoms with Crippen molar-refractivity contribution in [2.75, 3.05) is 24.7 Å². The summed E-state index contributed by atoms with van der Waals surface area (Å²) in [5.74, 6) is 0.872. The number of amides is 1. The molecule has 7 nitrogen and oxygen atoms in total. The highest BCUT2D eigenvalue weighted by Gasteiger charge is 2.29. The minimum atomic E-state index is -3.16. The molecule has 25 heavy (non-hydrogen) atoms. The number of nitrogens with one attached hydrogen (secondary N) is 2. The van der Waals surface area contributed by atoms with Gasteiger partial charge in [-0.05, 0) is 25.7 Å². The Balaban J connectivity index is 1.53. The number of piperidine rings is 1. The summed E-state index contributed by atoms with van der Waals surface area (Å²) in [5, 5.41) is 10.2. The van der Waals surface area contributed by atoms with Gasteiger partial charge in [0.25, 0.3) is 0 Å². The minimum absolute atomic E-state index is 0.0629. The highest BCUT2D eigenvalue weighted by atomic mass is 32.2. The molecule has 1 saturated carbocycles. The monoisotopic (exact) mass is 368 g/mol. The molecule has 2 fully saturated rings. The van der Waals surface area contributed by atoms with Crippen molar-refractivity contribution >= 4 is 21.7 Å². The Bertz CT molecular complexity index is 685. The molecule has 8 heteroatoms. The lowest BCUT2D eigenvalue weighted by Crippen LogP contribution is -2.40. The first-order valence-corrected chi connectivity index (χ1v) is 11.1. The number of nitrogens with zero attached hydrogens (tertiary/aromatic N) is 2. The Kier molecular flexibility index (Phi) is 5.78. The van der Waals surface area contributed by atoms with Crippen LogP contribution in [0.5, 0.6) is 0 Å². The topological polar surface area (TPSA) is 95.2 Å². The van der Waals surface area contributed by atoms with Crippen LogP contribution in [0, 0.1) is 5.92 Å². The number of aromatic amines is 1. The molecule has 3 rings (SSSR count). The number of carbonyl (C=O) groups is 1. The maximum Gasteiger partial charge on any atom is 0.228 e. The molecule has 0 unspecified atom stereocenters. The molecule has 0 bridgehead atoms. The van der Waals surface area contributed by atoms with Gasteiger partial charge >= 0.3 is 0 Å². The zero-order valence-corrected chi connectivity index (χ0v) is 15.6. The fourth-order valence-electron chi connectivity index (χ4n) is 3.88. The van der Waals surface area contributed by atoms with Gasteiger partial charge in [0.2, 0.25) is 15.9 Å². The second-order valence-corrected chi connectivity index (χ2v) is 9.31. The van der Waals surface area contributed by atoms with Gasteiger partial charge in [0.05, 0.1) is 6.26 Å². The molecule has 2 aliphatic rings. The van der Waals surface area contributed by atoms with E-state index in [-0.39, 0.29) is 11.8 Å². The number of H-pyrrole nitrogens is 1. The van der Waals surface area contributed by atoms with Crippen LogP contribution in [0.1, 0.15) is 63.0 Å². The third-order valence-corrected chi connectivity index (χ3v) is 6.74. The van der Waals surface area contributed by atoms with E-state index in [1.54, 1.807) is 0 Å². The summed E-state index contributed by atoms with van der Waals surface area (Å²) in [6, 6.07) is 1.96. The molecule has 0 spiro atoms. The van der Waals surface area contributed by atoms with Gasteiger partial charge < -0.3 is 5.32 Å². The third-order valence-electron chi connectivity index (χ3n) is 5.44. The highest BCUT2D eigenvalue weighted by molar-refractivity contribution is 7.88. The molecular formula is C17H28N4O3S. The Morgan fingerprint density at radius 3 is 2.40 bits per heavy atom. The van der Waals surface area contributed by atoms with Crippen molar-refractivity contribution in [3.8, 4) is 0 Å². The van der Waals surface area contributed by atoms with Crippen molar-refractivity contribution in [2.45, 2.75) is 57.3 Å². The lowest BCUT2D eigenvalue weighted by atomic mass is 9.96. The molecule has 1 aliphatic carbocycles. The van der Waals surface area contributed by atoms with Gasteiger partial charge in [-0.25, -0.2) is 12.7 Å². The zero-order chi connectivity index (χ0) is 17.9. The number of hydrogen-bond donors (Lipinski definition) is 2. The molecule has 1 saturated heterocycles. The zero-order valence-electron chi connectivity index (χ0n) is 14.8. The smallest absolute Gasteiger partial charge is 0.228 e. The second kappa shape index (κ2) is 7.86. The average Bonchev–Trinajstić information content (AvgIpc) is 2.87. The van der Waals surface area contributed by atoms with Crippen LogP contribution in [0.3, 0.4) is 0 Å². The van der Waals surface area contributed by atoms with Crippen LogP contribution in [0.15, 0.2) is 6.07 Å². The molecule has 140 valence electrons. The maximum atomic E-state index is 12.4. The third kappa shape index (κ3) is 4.82. The van der Waals surface area contributed by atoms with Crippen molar-refractivity contribution in [3.05, 3.63) is 11.8 Å². The minimum Gasteiger partial charge on any atom is -0.309 e. The molecule has 2 N–H and O–H groups in total. The Hall–Kier alpha value is -1.41. The van der Waals surface area contributed by atoms with Crippen LogP contribution < -0.4 is 5.32 Å². The van der Waals surface area contributed by atoms with Gasteiger partial charge in [-0.1, -0.05) is 25.7 Å². The summed E-state index contributed by atoms with van der Waals surface area (Å²) in [6.45, 7) is 0.815. The van der Waals surface area contributed by atoms with Gasteiger partial charge in [0, 0.05) is 36.7 Å². The molecule has 1 amide bonds. The van der Waals surface area contributed by atoms with Crippen molar-refractivity contribution in [2.24, 2.45) is 5.92 Å². The van der Waals surface area contributed by atoms with Gasteiger partial charge in [-0.3, -0.25) is 9.89 Å². The summed E-state index contributed by atoms with van der Waals surface area (Å²) in [4.78, 5) is 12.4. The van der Waals surface area contributed by atoms with Crippen LogP contribution in [-0.4, -0.2) is 48.2 Å². The summed E-state index contributed by atoms with van der Waals surface area (Å²) in [7, 11) is -3.16. The summed E-state index contributed by atoms with van der Waals surface area (Å²) < 4.78 is 24.5. The predicted octanol–water partition coefficient (Wildman–Crippen LogP) is 2.46. The molecule has 1 aromatic heterocycles. The first-order chi connectivity index (χ1) is 11.9. The van der Waals surface area contributed by atoms with E-state index in [9.17, 15) is 13.2 Å². The summed E-state index contributed by atoms with van der Waals surface area (Å²) in [5.41, 5.74) is 1.11. The number of hydrogen-bond acceptors (Lipinski definition) is 4. The van der Waals surface area contributed by atoms with E-state index in [1.165, 1.54) is 49.1 Å². The number of sulfonamides is 1. The Morgan fingerprint density at radius 2 is 1.80 bits per heavy atom. The van der Waals surface area contributed by atoms with Crippen LogP contribution in [0.4, 0.5) is 5.82 Å². The van der Waals surface area contributed by atoms with E-state index in [0.29, 0.717) is 37.7 Å². The van der Waals surface area contributed by atoms with E-state index >= 15 is 0 Å². The van der Waals surface area contributed by atoms with Crippen molar-refractivity contribution < 1.29 is 13.2 Å². The maximum absolute atomic E-state index is 12.4.